The Hall–Kier alpha value is -1.26. The van der Waals surface area contributed by atoms with Crippen LogP contribution in [0.1, 0.15) is 42.5 Å². The van der Waals surface area contributed by atoms with Gasteiger partial charge in [0.2, 0.25) is 0 Å². The molecule has 0 radical (unpaired) electrons. The van der Waals surface area contributed by atoms with Crippen LogP contribution in [0.15, 0.2) is 24.3 Å². The molecule has 1 heterocycles. The summed E-state index contributed by atoms with van der Waals surface area (Å²) in [6.45, 7) is 2.76. The van der Waals surface area contributed by atoms with E-state index in [9.17, 15) is 4.79 Å². The topological polar surface area (TPSA) is 50.4 Å². The highest BCUT2D eigenvalue weighted by Crippen LogP contribution is 2.23. The molecule has 1 aromatic carbocycles. The molecular formula is C17H25ClN2O2. The van der Waals surface area contributed by atoms with Crippen LogP contribution in [0.25, 0.3) is 0 Å². The van der Waals surface area contributed by atoms with Gasteiger partial charge in [-0.3, -0.25) is 4.79 Å². The number of halogens is 1. The highest BCUT2D eigenvalue weighted by Gasteiger charge is 2.18. The summed E-state index contributed by atoms with van der Waals surface area (Å²) in [6.07, 6.45) is 6.40. The zero-order chi connectivity index (χ0) is 14.5. The Morgan fingerprint density at radius 2 is 2.00 bits per heavy atom. The largest absolute Gasteiger partial charge is 0.490 e. The second-order valence-corrected chi connectivity index (χ2v) is 6.14. The Balaban J connectivity index is 0.00000176. The predicted octanol–water partition coefficient (Wildman–Crippen LogP) is 2.77. The van der Waals surface area contributed by atoms with Crippen molar-refractivity contribution in [1.29, 1.82) is 0 Å². The normalized spacial score (nSPS) is 18.9. The van der Waals surface area contributed by atoms with Crippen molar-refractivity contribution < 1.29 is 9.53 Å². The summed E-state index contributed by atoms with van der Waals surface area (Å²) in [5, 5.41) is 6.21. The SMILES string of the molecule is Cl.O=C(NCC1CNC1)c1cccc(OC2CCCCC2)c1. The number of carbonyl (C=O) groups is 1. The molecule has 2 N–H and O–H groups in total. The molecule has 0 aromatic heterocycles. The quantitative estimate of drug-likeness (QED) is 0.875. The zero-order valence-electron chi connectivity index (χ0n) is 12.8. The maximum absolute atomic E-state index is 12.1. The molecule has 1 aromatic rings. The van der Waals surface area contributed by atoms with Crippen LogP contribution in [0.4, 0.5) is 0 Å². The standard InChI is InChI=1S/C17H24N2O2.ClH/c20-17(19-12-13-10-18-11-13)14-5-4-8-16(9-14)21-15-6-2-1-3-7-15;/h4-5,8-9,13,15,18H,1-3,6-7,10-12H2,(H,19,20);1H. The molecule has 1 amide bonds. The van der Waals surface area contributed by atoms with Gasteiger partial charge in [0.05, 0.1) is 6.10 Å². The molecule has 22 heavy (non-hydrogen) atoms. The summed E-state index contributed by atoms with van der Waals surface area (Å²) in [6, 6.07) is 7.56. The zero-order valence-corrected chi connectivity index (χ0v) is 13.7. The third kappa shape index (κ3) is 4.62. The fourth-order valence-corrected chi connectivity index (χ4v) is 2.92. The van der Waals surface area contributed by atoms with Gasteiger partial charge in [0.25, 0.3) is 5.91 Å². The lowest BCUT2D eigenvalue weighted by Crippen LogP contribution is -2.48. The van der Waals surface area contributed by atoms with Crippen LogP contribution in [0.5, 0.6) is 5.75 Å². The highest BCUT2D eigenvalue weighted by atomic mass is 35.5. The average Bonchev–Trinajstić information content (AvgIpc) is 2.47. The van der Waals surface area contributed by atoms with E-state index in [1.54, 1.807) is 0 Å². The van der Waals surface area contributed by atoms with E-state index < -0.39 is 0 Å². The molecule has 1 saturated heterocycles. The lowest BCUT2D eigenvalue weighted by atomic mass is 9.98. The molecular weight excluding hydrogens is 300 g/mol. The van der Waals surface area contributed by atoms with Crippen LogP contribution in [0.3, 0.4) is 0 Å². The van der Waals surface area contributed by atoms with Crippen LogP contribution in [0.2, 0.25) is 0 Å². The third-order valence-corrected chi connectivity index (χ3v) is 4.37. The van der Waals surface area contributed by atoms with E-state index in [0.717, 1.165) is 38.2 Å². The van der Waals surface area contributed by atoms with E-state index in [1.165, 1.54) is 19.3 Å². The van der Waals surface area contributed by atoms with Crippen LogP contribution in [0, 0.1) is 5.92 Å². The van der Waals surface area contributed by atoms with Crippen molar-refractivity contribution in [3.63, 3.8) is 0 Å². The van der Waals surface area contributed by atoms with Crippen molar-refractivity contribution in [3.8, 4) is 5.75 Å². The number of carbonyl (C=O) groups excluding carboxylic acids is 1. The van der Waals surface area contributed by atoms with Gasteiger partial charge in [0.1, 0.15) is 5.75 Å². The molecule has 1 aliphatic heterocycles. The first-order valence-electron chi connectivity index (χ1n) is 8.07. The molecule has 0 spiro atoms. The van der Waals surface area contributed by atoms with Gasteiger partial charge in [0, 0.05) is 31.1 Å². The Morgan fingerprint density at radius 1 is 1.23 bits per heavy atom. The summed E-state index contributed by atoms with van der Waals surface area (Å²) in [5.41, 5.74) is 0.690. The van der Waals surface area contributed by atoms with Gasteiger partial charge >= 0.3 is 0 Å². The van der Waals surface area contributed by atoms with E-state index >= 15 is 0 Å². The molecule has 0 atom stereocenters. The third-order valence-electron chi connectivity index (χ3n) is 4.37. The highest BCUT2D eigenvalue weighted by molar-refractivity contribution is 5.94. The lowest BCUT2D eigenvalue weighted by Gasteiger charge is -2.27. The van der Waals surface area contributed by atoms with E-state index in [4.69, 9.17) is 4.74 Å². The Morgan fingerprint density at radius 3 is 2.68 bits per heavy atom. The van der Waals surface area contributed by atoms with Crippen LogP contribution >= 0.6 is 12.4 Å². The molecule has 1 saturated carbocycles. The molecule has 1 aliphatic carbocycles. The van der Waals surface area contributed by atoms with Crippen molar-refractivity contribution in [2.75, 3.05) is 19.6 Å². The molecule has 3 rings (SSSR count). The van der Waals surface area contributed by atoms with Gasteiger partial charge in [-0.05, 0) is 43.9 Å². The summed E-state index contributed by atoms with van der Waals surface area (Å²) in [5.74, 6) is 1.39. The van der Waals surface area contributed by atoms with Crippen LogP contribution < -0.4 is 15.4 Å². The summed E-state index contributed by atoms with van der Waals surface area (Å²) in [4.78, 5) is 12.1. The molecule has 5 heteroatoms. The fraction of sp³-hybridized carbons (Fsp3) is 0.588. The summed E-state index contributed by atoms with van der Waals surface area (Å²) < 4.78 is 6.01. The van der Waals surface area contributed by atoms with Crippen molar-refractivity contribution in [1.82, 2.24) is 10.6 Å². The Labute approximate surface area is 138 Å². The first-order valence-corrected chi connectivity index (χ1v) is 8.07. The maximum Gasteiger partial charge on any atom is 0.251 e. The minimum absolute atomic E-state index is 0. The van der Waals surface area contributed by atoms with Gasteiger partial charge in [0.15, 0.2) is 0 Å². The number of amides is 1. The van der Waals surface area contributed by atoms with Gasteiger partial charge in [-0.25, -0.2) is 0 Å². The molecule has 2 aliphatic rings. The smallest absolute Gasteiger partial charge is 0.251 e. The second-order valence-electron chi connectivity index (χ2n) is 6.14. The molecule has 4 nitrogen and oxygen atoms in total. The van der Waals surface area contributed by atoms with E-state index in [0.29, 0.717) is 17.6 Å². The van der Waals surface area contributed by atoms with E-state index in [-0.39, 0.29) is 18.3 Å². The minimum atomic E-state index is -0.00371. The number of ether oxygens (including phenoxy) is 1. The van der Waals surface area contributed by atoms with Crippen molar-refractivity contribution >= 4 is 18.3 Å². The van der Waals surface area contributed by atoms with Crippen molar-refractivity contribution in [2.45, 2.75) is 38.2 Å². The molecule has 0 unspecified atom stereocenters. The molecule has 122 valence electrons. The lowest BCUT2D eigenvalue weighted by molar-refractivity contribution is 0.0941. The summed E-state index contributed by atoms with van der Waals surface area (Å²) in [7, 11) is 0. The second kappa shape index (κ2) is 8.39. The maximum atomic E-state index is 12.1. The Bertz CT molecular complexity index is 485. The first kappa shape index (κ1) is 17.1. The van der Waals surface area contributed by atoms with E-state index in [2.05, 4.69) is 10.6 Å². The number of benzene rings is 1. The van der Waals surface area contributed by atoms with Crippen molar-refractivity contribution in [3.05, 3.63) is 29.8 Å². The number of hydrogen-bond acceptors (Lipinski definition) is 3. The van der Waals surface area contributed by atoms with Gasteiger partial charge in [-0.1, -0.05) is 12.5 Å². The monoisotopic (exact) mass is 324 g/mol. The van der Waals surface area contributed by atoms with Crippen molar-refractivity contribution in [2.24, 2.45) is 5.92 Å². The van der Waals surface area contributed by atoms with Crippen LogP contribution in [-0.4, -0.2) is 31.6 Å². The number of rotatable bonds is 5. The number of hydrogen-bond donors (Lipinski definition) is 2. The average molecular weight is 325 g/mol. The Kier molecular flexibility index (Phi) is 6.52. The summed E-state index contributed by atoms with van der Waals surface area (Å²) >= 11 is 0. The predicted molar refractivity (Wildman–Crippen MR) is 89.9 cm³/mol. The van der Waals surface area contributed by atoms with Gasteiger partial charge < -0.3 is 15.4 Å². The molecule has 2 fully saturated rings. The van der Waals surface area contributed by atoms with Gasteiger partial charge in [-0.15, -0.1) is 12.4 Å². The fourth-order valence-electron chi connectivity index (χ4n) is 2.92. The minimum Gasteiger partial charge on any atom is -0.490 e. The van der Waals surface area contributed by atoms with Gasteiger partial charge in [-0.2, -0.15) is 0 Å². The van der Waals surface area contributed by atoms with E-state index in [1.807, 2.05) is 24.3 Å². The number of nitrogens with one attached hydrogen (secondary N) is 2. The molecule has 0 bridgehead atoms. The van der Waals surface area contributed by atoms with Crippen LogP contribution in [-0.2, 0) is 0 Å². The first-order chi connectivity index (χ1) is 10.3.